The Morgan fingerprint density at radius 3 is 0.982 bits per heavy atom. The van der Waals surface area contributed by atoms with E-state index in [1.165, 1.54) is 61.6 Å². The van der Waals surface area contributed by atoms with Crippen LogP contribution in [-0.4, -0.2) is 26.2 Å². The first-order valence-corrected chi connectivity index (χ1v) is 20.2. The largest absolute Gasteiger partial charge is 0.385 e. The number of nitrogens with one attached hydrogen (secondary N) is 1. The molecule has 0 bridgehead atoms. The van der Waals surface area contributed by atoms with Gasteiger partial charge in [0.1, 0.15) is 0 Å². The molecule has 0 atom stereocenters. The van der Waals surface area contributed by atoms with Crippen LogP contribution in [0.25, 0.3) is 44.5 Å². The van der Waals surface area contributed by atoms with E-state index in [9.17, 15) is 0 Å². The van der Waals surface area contributed by atoms with Gasteiger partial charge in [0.25, 0.3) is 0 Å². The fraction of sp³-hybridized carbons (Fsp3) is 0.111. The van der Waals surface area contributed by atoms with Gasteiger partial charge < -0.3 is 15.1 Å². The van der Waals surface area contributed by atoms with Crippen molar-refractivity contribution in [2.45, 2.75) is 12.8 Å². The average molecular weight is 740 g/mol. The zero-order valence-electron chi connectivity index (χ0n) is 32.4. The summed E-state index contributed by atoms with van der Waals surface area (Å²) in [6, 6.07) is 78.4. The zero-order chi connectivity index (χ0) is 38.5. The van der Waals surface area contributed by atoms with Crippen LogP contribution in [0.1, 0.15) is 12.8 Å². The van der Waals surface area contributed by atoms with Gasteiger partial charge in [0.05, 0.1) is 0 Å². The summed E-state index contributed by atoms with van der Waals surface area (Å²) in [5.74, 6) is 0. The zero-order valence-corrected chi connectivity index (χ0v) is 32.4. The fourth-order valence-electron chi connectivity index (χ4n) is 7.53. The number of benzene rings is 8. The number of hydrogen-bond acceptors (Lipinski definition) is 3. The van der Waals surface area contributed by atoms with Crippen LogP contribution >= 0.6 is 0 Å². The van der Waals surface area contributed by atoms with E-state index >= 15 is 0 Å². The highest BCUT2D eigenvalue weighted by molar-refractivity contribution is 5.73. The van der Waals surface area contributed by atoms with Crippen LogP contribution in [0.15, 0.2) is 218 Å². The maximum atomic E-state index is 3.68. The molecule has 8 aromatic carbocycles. The molecule has 0 aliphatic heterocycles. The van der Waals surface area contributed by atoms with Gasteiger partial charge in [0, 0.05) is 48.9 Å². The van der Waals surface area contributed by atoms with E-state index in [-0.39, 0.29) is 0 Å². The molecular formula is C54H49N3. The first-order chi connectivity index (χ1) is 28.3. The second-order valence-corrected chi connectivity index (χ2v) is 14.5. The van der Waals surface area contributed by atoms with Gasteiger partial charge in [0.2, 0.25) is 0 Å². The Balaban J connectivity index is 0.983. The van der Waals surface area contributed by atoms with Crippen molar-refractivity contribution in [1.82, 2.24) is 0 Å². The van der Waals surface area contributed by atoms with E-state index < -0.39 is 0 Å². The molecule has 57 heavy (non-hydrogen) atoms. The molecule has 0 aromatic heterocycles. The van der Waals surface area contributed by atoms with Crippen LogP contribution in [0.5, 0.6) is 0 Å². The van der Waals surface area contributed by atoms with Crippen LogP contribution in [0.2, 0.25) is 0 Å². The van der Waals surface area contributed by atoms with Gasteiger partial charge in [-0.25, -0.2) is 0 Å². The lowest BCUT2D eigenvalue weighted by molar-refractivity contribution is 0.704. The molecule has 0 heterocycles. The quantitative estimate of drug-likeness (QED) is 0.0996. The molecule has 0 saturated carbocycles. The van der Waals surface area contributed by atoms with Crippen LogP contribution in [0.3, 0.4) is 0 Å². The molecule has 0 saturated heterocycles. The maximum Gasteiger partial charge on any atom is 0.0411 e. The highest BCUT2D eigenvalue weighted by Gasteiger charge is 2.14. The van der Waals surface area contributed by atoms with Gasteiger partial charge in [-0.15, -0.1) is 0 Å². The predicted octanol–water partition coefficient (Wildman–Crippen LogP) is 13.9. The van der Waals surface area contributed by atoms with Crippen molar-refractivity contribution in [2.24, 2.45) is 0 Å². The second kappa shape index (κ2) is 18.7. The summed E-state index contributed by atoms with van der Waals surface area (Å²) >= 11 is 0. The highest BCUT2D eigenvalue weighted by atomic mass is 15.2. The molecule has 0 unspecified atom stereocenters. The number of hydrogen-bond donors (Lipinski definition) is 1. The van der Waals surface area contributed by atoms with E-state index in [2.05, 4.69) is 234 Å². The standard InChI is InChI=1S/C54H49N3/c1-5-15-43(16-6-1)47-23-31-51(32-24-47)55-39-13-40-56(52-33-25-48(26-34-52)44-17-7-2-8-18-44)41-14-42-57(53-35-27-49(28-36-53)45-19-9-3-10-20-45)54-37-29-50(30-38-54)46-21-11-4-12-22-46/h1-12,15-38,55H,13-14,39-42H2. The molecule has 8 aromatic rings. The molecular weight excluding hydrogens is 691 g/mol. The summed E-state index contributed by atoms with van der Waals surface area (Å²) in [5.41, 5.74) is 14.7. The van der Waals surface area contributed by atoms with Gasteiger partial charge in [-0.2, -0.15) is 0 Å². The smallest absolute Gasteiger partial charge is 0.0411 e. The van der Waals surface area contributed by atoms with Crippen molar-refractivity contribution in [1.29, 1.82) is 0 Å². The summed E-state index contributed by atoms with van der Waals surface area (Å²) in [7, 11) is 0. The molecule has 280 valence electrons. The van der Waals surface area contributed by atoms with E-state index in [1.54, 1.807) is 0 Å². The van der Waals surface area contributed by atoms with Crippen molar-refractivity contribution in [3.8, 4) is 44.5 Å². The second-order valence-electron chi connectivity index (χ2n) is 14.5. The highest BCUT2D eigenvalue weighted by Crippen LogP contribution is 2.31. The number of anilines is 4. The van der Waals surface area contributed by atoms with Crippen LogP contribution in [0, 0.1) is 0 Å². The summed E-state index contributed by atoms with van der Waals surface area (Å²) in [4.78, 5) is 5.03. The molecule has 0 spiro atoms. The molecule has 1 N–H and O–H groups in total. The normalized spacial score (nSPS) is 10.9. The summed E-state index contributed by atoms with van der Waals surface area (Å²) < 4.78 is 0. The molecule has 0 fully saturated rings. The molecule has 8 rings (SSSR count). The minimum atomic E-state index is 0.889. The minimum Gasteiger partial charge on any atom is -0.385 e. The van der Waals surface area contributed by atoms with Crippen LogP contribution < -0.4 is 15.1 Å². The van der Waals surface area contributed by atoms with Crippen molar-refractivity contribution >= 4 is 22.7 Å². The lowest BCUT2D eigenvalue weighted by atomic mass is 10.0. The molecule has 0 amide bonds. The number of rotatable bonds is 16. The van der Waals surface area contributed by atoms with E-state index in [1.807, 2.05) is 0 Å². The summed E-state index contributed by atoms with van der Waals surface area (Å²) in [6.45, 7) is 3.69. The third-order valence-corrected chi connectivity index (χ3v) is 10.6. The lowest BCUT2D eigenvalue weighted by Gasteiger charge is -2.29. The Morgan fingerprint density at radius 1 is 0.281 bits per heavy atom. The Labute approximate surface area is 338 Å². The fourth-order valence-corrected chi connectivity index (χ4v) is 7.53. The summed E-state index contributed by atoms with van der Waals surface area (Å²) in [5, 5.41) is 3.68. The molecule has 0 aliphatic carbocycles. The number of nitrogens with zero attached hydrogens (tertiary/aromatic N) is 2. The average Bonchev–Trinajstić information content (AvgIpc) is 3.30. The Morgan fingerprint density at radius 2 is 0.596 bits per heavy atom. The third-order valence-electron chi connectivity index (χ3n) is 10.6. The first kappa shape index (κ1) is 37.1. The Kier molecular flexibility index (Phi) is 12.1. The van der Waals surface area contributed by atoms with Gasteiger partial charge in [-0.3, -0.25) is 0 Å². The van der Waals surface area contributed by atoms with Crippen molar-refractivity contribution in [3.05, 3.63) is 218 Å². The predicted molar refractivity (Wildman–Crippen MR) is 244 cm³/mol. The Hall–Kier alpha value is -6.84. The third kappa shape index (κ3) is 9.70. The van der Waals surface area contributed by atoms with E-state index in [0.717, 1.165) is 44.7 Å². The van der Waals surface area contributed by atoms with Crippen LogP contribution in [-0.2, 0) is 0 Å². The van der Waals surface area contributed by atoms with Gasteiger partial charge >= 0.3 is 0 Å². The van der Waals surface area contributed by atoms with Crippen LogP contribution in [0.4, 0.5) is 22.7 Å². The minimum absolute atomic E-state index is 0.889. The van der Waals surface area contributed by atoms with E-state index in [0.29, 0.717) is 0 Å². The molecule has 0 radical (unpaired) electrons. The monoisotopic (exact) mass is 739 g/mol. The molecule has 3 nitrogen and oxygen atoms in total. The first-order valence-electron chi connectivity index (χ1n) is 20.2. The molecule has 0 aliphatic rings. The van der Waals surface area contributed by atoms with E-state index in [4.69, 9.17) is 0 Å². The summed E-state index contributed by atoms with van der Waals surface area (Å²) in [6.07, 6.45) is 2.02. The van der Waals surface area contributed by atoms with Crippen molar-refractivity contribution in [3.63, 3.8) is 0 Å². The van der Waals surface area contributed by atoms with Gasteiger partial charge in [-0.05, 0) is 106 Å². The topological polar surface area (TPSA) is 18.5 Å². The maximum absolute atomic E-state index is 3.68. The Bertz CT molecular complexity index is 2290. The van der Waals surface area contributed by atoms with Crippen molar-refractivity contribution < 1.29 is 0 Å². The SMILES string of the molecule is c1ccc(-c2ccc(NCCCN(CCCN(c3ccc(-c4ccccc4)cc3)c3ccc(-c4ccccc4)cc3)c3ccc(-c4ccccc4)cc3)cc2)cc1. The lowest BCUT2D eigenvalue weighted by Crippen LogP contribution is -2.30. The van der Waals surface area contributed by atoms with Gasteiger partial charge in [-0.1, -0.05) is 170 Å². The molecule has 3 heteroatoms. The van der Waals surface area contributed by atoms with Gasteiger partial charge in [0.15, 0.2) is 0 Å². The van der Waals surface area contributed by atoms with Crippen molar-refractivity contribution in [2.75, 3.05) is 41.3 Å².